The minimum absolute atomic E-state index is 0.0509. The van der Waals surface area contributed by atoms with Crippen LogP contribution in [0.25, 0.3) is 0 Å². The van der Waals surface area contributed by atoms with E-state index >= 15 is 0 Å². The Balaban J connectivity index is 1.65. The molecule has 1 saturated carbocycles. The average Bonchev–Trinajstić information content (AvgIpc) is 3.05. The standard InChI is InChI=1S/C18H25NO4/c20-17(13-23-12-15-8-2-1-3-9-15)19-11-16(18(21)22)10-14-6-4-5-7-14/h1-3,8-9,14,16H,4-7,10-13H2,(H,19,20)(H,21,22). The largest absolute Gasteiger partial charge is 0.481 e. The van der Waals surface area contributed by atoms with Gasteiger partial charge in [0.25, 0.3) is 0 Å². The van der Waals surface area contributed by atoms with Crippen LogP contribution in [0.2, 0.25) is 0 Å². The van der Waals surface area contributed by atoms with Gasteiger partial charge >= 0.3 is 5.97 Å². The first kappa shape index (κ1) is 17.5. The summed E-state index contributed by atoms with van der Waals surface area (Å²) in [6.07, 6.45) is 5.25. The fourth-order valence-electron chi connectivity index (χ4n) is 3.04. The lowest BCUT2D eigenvalue weighted by molar-refractivity contribution is -0.142. The minimum Gasteiger partial charge on any atom is -0.481 e. The molecule has 0 bridgehead atoms. The van der Waals surface area contributed by atoms with E-state index in [1.807, 2.05) is 30.3 Å². The molecule has 1 aliphatic rings. The number of carbonyl (C=O) groups is 2. The third kappa shape index (κ3) is 6.40. The lowest BCUT2D eigenvalue weighted by atomic mass is 9.93. The fraction of sp³-hybridized carbons (Fsp3) is 0.556. The molecule has 1 aliphatic carbocycles. The van der Waals surface area contributed by atoms with Gasteiger partial charge in [-0.1, -0.05) is 56.0 Å². The molecule has 1 unspecified atom stereocenters. The van der Waals surface area contributed by atoms with Crippen LogP contribution in [0, 0.1) is 11.8 Å². The van der Waals surface area contributed by atoms with Crippen molar-refractivity contribution in [3.63, 3.8) is 0 Å². The zero-order chi connectivity index (χ0) is 16.5. The highest BCUT2D eigenvalue weighted by molar-refractivity contribution is 5.78. The third-order valence-electron chi connectivity index (χ3n) is 4.33. The van der Waals surface area contributed by atoms with E-state index in [-0.39, 0.29) is 19.1 Å². The molecule has 1 fully saturated rings. The topological polar surface area (TPSA) is 75.6 Å². The Morgan fingerprint density at radius 1 is 1.22 bits per heavy atom. The minimum atomic E-state index is -0.831. The first-order valence-electron chi connectivity index (χ1n) is 8.26. The molecular formula is C18H25NO4. The lowest BCUT2D eigenvalue weighted by Gasteiger charge is -2.17. The predicted molar refractivity (Wildman–Crippen MR) is 86.8 cm³/mol. The molecule has 0 spiro atoms. The van der Waals surface area contributed by atoms with Crippen molar-refractivity contribution in [3.8, 4) is 0 Å². The quantitative estimate of drug-likeness (QED) is 0.733. The second-order valence-electron chi connectivity index (χ2n) is 6.20. The second kappa shape index (κ2) is 9.30. The number of amides is 1. The molecule has 1 atom stereocenters. The number of rotatable bonds is 9. The molecule has 1 aromatic carbocycles. The summed E-state index contributed by atoms with van der Waals surface area (Å²) in [7, 11) is 0. The summed E-state index contributed by atoms with van der Waals surface area (Å²) in [5.74, 6) is -1.11. The van der Waals surface area contributed by atoms with Crippen LogP contribution in [0.4, 0.5) is 0 Å². The van der Waals surface area contributed by atoms with Gasteiger partial charge in [0.2, 0.25) is 5.91 Å². The number of benzene rings is 1. The van der Waals surface area contributed by atoms with Crippen LogP contribution < -0.4 is 5.32 Å². The molecule has 0 aromatic heterocycles. The predicted octanol–water partition coefficient (Wildman–Crippen LogP) is 2.60. The van der Waals surface area contributed by atoms with Crippen LogP contribution in [0.5, 0.6) is 0 Å². The van der Waals surface area contributed by atoms with Crippen LogP contribution in [0.3, 0.4) is 0 Å². The number of carbonyl (C=O) groups excluding carboxylic acids is 1. The lowest BCUT2D eigenvalue weighted by Crippen LogP contribution is -2.35. The summed E-state index contributed by atoms with van der Waals surface area (Å²) >= 11 is 0. The highest BCUT2D eigenvalue weighted by Gasteiger charge is 2.25. The van der Waals surface area contributed by atoms with Crippen molar-refractivity contribution in [2.24, 2.45) is 11.8 Å². The normalized spacial score (nSPS) is 16.2. The van der Waals surface area contributed by atoms with Gasteiger partial charge in [-0.15, -0.1) is 0 Å². The maximum absolute atomic E-state index is 11.8. The van der Waals surface area contributed by atoms with E-state index in [2.05, 4.69) is 5.32 Å². The molecule has 126 valence electrons. The molecule has 5 heteroatoms. The molecule has 23 heavy (non-hydrogen) atoms. The van der Waals surface area contributed by atoms with Gasteiger partial charge in [0, 0.05) is 6.54 Å². The van der Waals surface area contributed by atoms with Crippen molar-refractivity contribution in [1.29, 1.82) is 0 Å². The molecule has 0 saturated heterocycles. The third-order valence-corrected chi connectivity index (χ3v) is 4.33. The molecule has 1 aromatic rings. The van der Waals surface area contributed by atoms with Crippen LogP contribution in [0.1, 0.15) is 37.7 Å². The number of hydrogen-bond acceptors (Lipinski definition) is 3. The van der Waals surface area contributed by atoms with Gasteiger partial charge in [0.05, 0.1) is 12.5 Å². The number of carboxylic acid groups (broad SMARTS) is 1. The van der Waals surface area contributed by atoms with E-state index in [9.17, 15) is 14.7 Å². The monoisotopic (exact) mass is 319 g/mol. The number of aliphatic carboxylic acids is 1. The van der Waals surface area contributed by atoms with Crippen LogP contribution >= 0.6 is 0 Å². The molecule has 0 aliphatic heterocycles. The van der Waals surface area contributed by atoms with E-state index in [4.69, 9.17) is 4.74 Å². The van der Waals surface area contributed by atoms with Crippen molar-refractivity contribution in [1.82, 2.24) is 5.32 Å². The highest BCUT2D eigenvalue weighted by Crippen LogP contribution is 2.30. The average molecular weight is 319 g/mol. The van der Waals surface area contributed by atoms with Crippen molar-refractivity contribution < 1.29 is 19.4 Å². The molecule has 1 amide bonds. The van der Waals surface area contributed by atoms with Gasteiger partial charge < -0.3 is 15.2 Å². The fourth-order valence-corrected chi connectivity index (χ4v) is 3.04. The van der Waals surface area contributed by atoms with Crippen molar-refractivity contribution in [2.45, 2.75) is 38.7 Å². The molecule has 5 nitrogen and oxygen atoms in total. The number of ether oxygens (including phenoxy) is 1. The summed E-state index contributed by atoms with van der Waals surface area (Å²) in [5, 5.41) is 12.0. The number of carboxylic acids is 1. The molecule has 2 N–H and O–H groups in total. The number of hydrogen-bond donors (Lipinski definition) is 2. The summed E-state index contributed by atoms with van der Waals surface area (Å²) in [4.78, 5) is 23.1. The second-order valence-corrected chi connectivity index (χ2v) is 6.20. The molecule has 2 rings (SSSR count). The molecule has 0 heterocycles. The van der Waals surface area contributed by atoms with Crippen molar-refractivity contribution in [2.75, 3.05) is 13.2 Å². The Bertz CT molecular complexity index is 497. The van der Waals surface area contributed by atoms with Crippen molar-refractivity contribution in [3.05, 3.63) is 35.9 Å². The van der Waals surface area contributed by atoms with E-state index in [1.165, 1.54) is 12.8 Å². The first-order chi connectivity index (χ1) is 11.1. The van der Waals surface area contributed by atoms with Gasteiger partial charge in [0.1, 0.15) is 6.61 Å². The molecule has 0 radical (unpaired) electrons. The smallest absolute Gasteiger partial charge is 0.308 e. The molecular weight excluding hydrogens is 294 g/mol. The zero-order valence-corrected chi connectivity index (χ0v) is 13.4. The Morgan fingerprint density at radius 2 is 1.91 bits per heavy atom. The Morgan fingerprint density at radius 3 is 2.57 bits per heavy atom. The van der Waals surface area contributed by atoms with Gasteiger partial charge in [0.15, 0.2) is 0 Å². The van der Waals surface area contributed by atoms with Crippen LogP contribution in [-0.4, -0.2) is 30.1 Å². The SMILES string of the molecule is O=C(COCc1ccccc1)NCC(CC1CCCC1)C(=O)O. The summed E-state index contributed by atoms with van der Waals surface area (Å²) in [5.41, 5.74) is 1.00. The van der Waals surface area contributed by atoms with E-state index in [1.54, 1.807) is 0 Å². The van der Waals surface area contributed by atoms with Gasteiger partial charge in [-0.25, -0.2) is 0 Å². The maximum atomic E-state index is 11.8. The Kier molecular flexibility index (Phi) is 7.07. The summed E-state index contributed by atoms with van der Waals surface area (Å²) < 4.78 is 5.35. The zero-order valence-electron chi connectivity index (χ0n) is 13.4. The van der Waals surface area contributed by atoms with Gasteiger partial charge in [-0.05, 0) is 17.9 Å². The van der Waals surface area contributed by atoms with Crippen LogP contribution in [-0.2, 0) is 20.9 Å². The Hall–Kier alpha value is -1.88. The van der Waals surface area contributed by atoms with E-state index in [0.717, 1.165) is 18.4 Å². The van der Waals surface area contributed by atoms with Gasteiger partial charge in [-0.3, -0.25) is 9.59 Å². The summed E-state index contributed by atoms with van der Waals surface area (Å²) in [6.45, 7) is 0.503. The van der Waals surface area contributed by atoms with Crippen molar-refractivity contribution >= 4 is 11.9 Å². The van der Waals surface area contributed by atoms with Crippen LogP contribution in [0.15, 0.2) is 30.3 Å². The number of nitrogens with one attached hydrogen (secondary N) is 1. The summed E-state index contributed by atoms with van der Waals surface area (Å²) in [6, 6.07) is 9.62. The maximum Gasteiger partial charge on any atom is 0.308 e. The highest BCUT2D eigenvalue weighted by atomic mass is 16.5. The van der Waals surface area contributed by atoms with Gasteiger partial charge in [-0.2, -0.15) is 0 Å². The van der Waals surface area contributed by atoms with E-state index in [0.29, 0.717) is 18.9 Å². The Labute approximate surface area is 137 Å². The first-order valence-corrected chi connectivity index (χ1v) is 8.26. The van der Waals surface area contributed by atoms with E-state index < -0.39 is 11.9 Å².